The highest BCUT2D eigenvalue weighted by Gasteiger charge is 0.316. The van der Waals surface area contributed by atoms with E-state index in [1.54, 1.807) is 0 Å². The molecule has 0 aromatic heterocycles. The summed E-state index contributed by atoms with van der Waals surface area (Å²) in [6, 6.07) is 0. The van der Waals surface area contributed by atoms with Gasteiger partial charge < -0.3 is 16.4 Å². The van der Waals surface area contributed by atoms with Gasteiger partial charge in [-0.05, 0) is 0 Å². The Balaban J connectivity index is 0. The average molecular weight is 81.4 g/mol. The third-order valence-electron chi connectivity index (χ3n) is 0. The van der Waals surface area contributed by atoms with Crippen LogP contribution in [0.5, 0.6) is 0 Å². The van der Waals surface area contributed by atoms with Crippen molar-refractivity contribution in [3.05, 3.63) is 0 Å². The lowest BCUT2D eigenvalue weighted by molar-refractivity contribution is 0.823. The van der Waals surface area contributed by atoms with E-state index < -0.39 is 0 Å². The van der Waals surface area contributed by atoms with Crippen molar-refractivity contribution in [1.82, 2.24) is 0 Å². The molecular formula is H9MgO3+. The second kappa shape index (κ2) is 61.1. The predicted octanol–water partition coefficient (Wildman–Crippen LogP) is -3.28. The maximum absolute atomic E-state index is 0. The summed E-state index contributed by atoms with van der Waals surface area (Å²) in [6.07, 6.45) is 0. The molecule has 0 saturated heterocycles. The van der Waals surface area contributed by atoms with Crippen LogP contribution in [0.2, 0.25) is 0 Å². The van der Waals surface area contributed by atoms with Gasteiger partial charge in [0.05, 0.1) is 0 Å². The van der Waals surface area contributed by atoms with Crippen LogP contribution in [0.15, 0.2) is 0 Å². The molecule has 0 amide bonds. The minimum Gasteiger partial charge on any atom is -0.412 e. The van der Waals surface area contributed by atoms with Crippen LogP contribution < -0.4 is 0 Å². The Morgan fingerprint density at radius 3 is 0.750 bits per heavy atom. The van der Waals surface area contributed by atoms with Gasteiger partial charge in [0, 0.05) is 0 Å². The fourth-order valence-corrected chi connectivity index (χ4v) is 0. The molecule has 28 valence electrons. The Morgan fingerprint density at radius 1 is 0.750 bits per heavy atom. The van der Waals surface area contributed by atoms with Crippen LogP contribution in [-0.4, -0.2) is 39.5 Å². The molecule has 0 atom stereocenters. The van der Waals surface area contributed by atoms with Crippen molar-refractivity contribution in [2.75, 3.05) is 0 Å². The molecule has 0 aliphatic rings. The van der Waals surface area contributed by atoms with E-state index in [-0.39, 0.29) is 40.9 Å². The highest BCUT2D eigenvalue weighted by Crippen LogP contribution is -0.287. The fourth-order valence-electron chi connectivity index (χ4n) is 0. The van der Waals surface area contributed by atoms with Crippen molar-refractivity contribution in [1.29, 1.82) is 0 Å². The normalized spacial score (nSPS) is 0. The third kappa shape index (κ3) is 17.2. The van der Waals surface area contributed by atoms with Crippen LogP contribution in [0.4, 0.5) is 0 Å². The largest absolute Gasteiger partial charge is 1.00 e. The zero-order valence-electron chi connectivity index (χ0n) is 2.50. The lowest BCUT2D eigenvalue weighted by Crippen LogP contribution is -0.381. The summed E-state index contributed by atoms with van der Waals surface area (Å²) in [4.78, 5) is 0. The monoisotopic (exact) mass is 81.0 g/mol. The van der Waals surface area contributed by atoms with Gasteiger partial charge in [0.25, 0.3) is 0 Å². The molecule has 3 nitrogen and oxygen atoms in total. The minimum atomic E-state index is 0. The highest BCUT2D eigenvalue weighted by molar-refractivity contribution is 5.75. The maximum Gasteiger partial charge on any atom is 1.00 e. The smallest absolute Gasteiger partial charge is 0.412 e. The molecule has 4 heavy (non-hydrogen) atoms. The van der Waals surface area contributed by atoms with Crippen LogP contribution in [0.3, 0.4) is 0 Å². The van der Waals surface area contributed by atoms with Crippen LogP contribution in [0, 0.1) is 0 Å². The summed E-state index contributed by atoms with van der Waals surface area (Å²) in [5, 5.41) is 0. The summed E-state index contributed by atoms with van der Waals surface area (Å²) in [5.74, 6) is 0. The van der Waals surface area contributed by atoms with E-state index in [1.807, 2.05) is 0 Å². The first-order valence-corrected chi connectivity index (χ1v) is 0. The molecule has 0 aromatic carbocycles. The van der Waals surface area contributed by atoms with E-state index in [9.17, 15) is 0 Å². The quantitative estimate of drug-likeness (QED) is 0.273. The highest BCUT2D eigenvalue weighted by atomic mass is 24.3. The zero-order chi connectivity index (χ0) is 0. The first kappa shape index (κ1) is 148. The van der Waals surface area contributed by atoms with Gasteiger partial charge in [-0.3, -0.25) is 0 Å². The number of hydrogen-bond acceptors (Lipinski definition) is 0. The van der Waals surface area contributed by atoms with E-state index in [4.69, 9.17) is 0 Å². The van der Waals surface area contributed by atoms with Gasteiger partial charge in [-0.25, -0.2) is 0 Å². The van der Waals surface area contributed by atoms with Gasteiger partial charge >= 0.3 is 24.5 Å². The van der Waals surface area contributed by atoms with Crippen molar-refractivity contribution in [3.8, 4) is 0 Å². The summed E-state index contributed by atoms with van der Waals surface area (Å²) < 4.78 is 0. The van der Waals surface area contributed by atoms with Crippen LogP contribution >= 0.6 is 0 Å². The van der Waals surface area contributed by atoms with Gasteiger partial charge in [0.2, 0.25) is 0 Å². The fraction of sp³-hybridized carbons (Fsp3) is 0. The lowest BCUT2D eigenvalue weighted by atomic mass is 16.0. The maximum atomic E-state index is 0. The van der Waals surface area contributed by atoms with Crippen molar-refractivity contribution < 1.29 is 17.9 Å². The molecule has 0 fully saturated rings. The molecule has 0 unspecified atom stereocenters. The van der Waals surface area contributed by atoms with E-state index in [0.717, 1.165) is 0 Å². The first-order chi connectivity index (χ1) is 0. The molecule has 6 N–H and O–H groups in total. The molecule has 0 radical (unpaired) electrons. The van der Waals surface area contributed by atoms with Crippen molar-refractivity contribution >= 4 is 23.1 Å². The van der Waals surface area contributed by atoms with Crippen LogP contribution in [-0.2, 0) is 0 Å². The van der Waals surface area contributed by atoms with E-state index in [2.05, 4.69) is 0 Å². The Morgan fingerprint density at radius 2 is 0.750 bits per heavy atom. The number of rotatable bonds is 0. The third-order valence-corrected chi connectivity index (χ3v) is 0. The van der Waals surface area contributed by atoms with E-state index in [1.165, 1.54) is 0 Å². The summed E-state index contributed by atoms with van der Waals surface area (Å²) in [7, 11) is 0. The molecule has 0 aromatic rings. The molecule has 0 heterocycles. The SMILES string of the molecule is O.O.O.[H+].[MgH2]. The summed E-state index contributed by atoms with van der Waals surface area (Å²) >= 11 is 0. The average Bonchev–Trinajstić information content (AvgIpc) is 0. The summed E-state index contributed by atoms with van der Waals surface area (Å²) in [6.45, 7) is 0. The molecule has 0 spiro atoms. The van der Waals surface area contributed by atoms with E-state index >= 15 is 0 Å². The van der Waals surface area contributed by atoms with Crippen molar-refractivity contribution in [2.24, 2.45) is 0 Å². The Bertz CT molecular complexity index is 6.85. The standard InChI is InChI=1S/Mg.3H2O.2H/h;3*1H2;;/p+1. The molecule has 0 rings (SSSR count). The van der Waals surface area contributed by atoms with Gasteiger partial charge in [-0.1, -0.05) is 0 Å². The predicted molar refractivity (Wildman–Crippen MR) is 20.5 cm³/mol. The summed E-state index contributed by atoms with van der Waals surface area (Å²) in [5.41, 5.74) is 0. The molecule has 0 aliphatic carbocycles. The number of hydrogen-bond donors (Lipinski definition) is 0. The topological polar surface area (TPSA) is 94.5 Å². The minimum absolute atomic E-state index is 0. The molecule has 4 heteroatoms. The van der Waals surface area contributed by atoms with Gasteiger partial charge in [-0.15, -0.1) is 0 Å². The van der Waals surface area contributed by atoms with Gasteiger partial charge in [0.15, 0.2) is 0 Å². The zero-order valence-corrected chi connectivity index (χ0v) is 1.50. The van der Waals surface area contributed by atoms with Crippen LogP contribution in [0.1, 0.15) is 1.43 Å². The lowest BCUT2D eigenvalue weighted by Gasteiger charge is -0.413. The van der Waals surface area contributed by atoms with Crippen molar-refractivity contribution in [3.63, 3.8) is 0 Å². The molecule has 0 aliphatic heterocycles. The molecule has 0 saturated carbocycles. The second-order valence-corrected chi connectivity index (χ2v) is 0. The second-order valence-electron chi connectivity index (χ2n) is 0. The van der Waals surface area contributed by atoms with E-state index in [0.29, 0.717) is 0 Å². The van der Waals surface area contributed by atoms with Gasteiger partial charge in [0.1, 0.15) is 0 Å². The first-order valence-electron chi connectivity index (χ1n) is 0. The molecule has 0 bridgehead atoms. The van der Waals surface area contributed by atoms with Gasteiger partial charge in [-0.2, -0.15) is 0 Å². The Labute approximate surface area is 41.6 Å². The Kier molecular flexibility index (Phi) is 2260. The Hall–Kier alpha value is 0.646. The molecular weight excluding hydrogens is 72.3 g/mol. The van der Waals surface area contributed by atoms with Crippen LogP contribution in [0.25, 0.3) is 0 Å². The van der Waals surface area contributed by atoms with Crippen molar-refractivity contribution in [2.45, 2.75) is 0 Å².